The minimum Gasteiger partial charge on any atom is -0.369 e. The van der Waals surface area contributed by atoms with E-state index in [2.05, 4.69) is 48.7 Å². The standard InChI is InChI=1S/C14H16BrN5O/c1-2-5-16-13-12(7-10(15)8-17-13)14(21)18-9-11-4-3-6-19-20-11/h3-4,6-8H,2,5,9H2,1H3,(H,16,17)(H,18,21). The molecular weight excluding hydrogens is 334 g/mol. The van der Waals surface area contributed by atoms with Gasteiger partial charge >= 0.3 is 0 Å². The van der Waals surface area contributed by atoms with Crippen LogP contribution in [0.25, 0.3) is 0 Å². The summed E-state index contributed by atoms with van der Waals surface area (Å²) in [5.74, 6) is 0.379. The van der Waals surface area contributed by atoms with Crippen LogP contribution >= 0.6 is 15.9 Å². The molecule has 1 amide bonds. The second kappa shape index (κ2) is 7.68. The topological polar surface area (TPSA) is 79.8 Å². The Hall–Kier alpha value is -2.02. The van der Waals surface area contributed by atoms with Gasteiger partial charge < -0.3 is 10.6 Å². The lowest BCUT2D eigenvalue weighted by Crippen LogP contribution is -2.25. The van der Waals surface area contributed by atoms with Crippen LogP contribution < -0.4 is 10.6 Å². The smallest absolute Gasteiger partial charge is 0.255 e. The summed E-state index contributed by atoms with van der Waals surface area (Å²) >= 11 is 3.34. The molecule has 0 aromatic carbocycles. The predicted molar refractivity (Wildman–Crippen MR) is 83.9 cm³/mol. The van der Waals surface area contributed by atoms with Crippen LogP contribution in [0.2, 0.25) is 0 Å². The Labute approximate surface area is 131 Å². The van der Waals surface area contributed by atoms with E-state index >= 15 is 0 Å². The summed E-state index contributed by atoms with van der Waals surface area (Å²) in [6, 6.07) is 5.34. The molecule has 2 aromatic rings. The molecule has 0 fully saturated rings. The van der Waals surface area contributed by atoms with Gasteiger partial charge in [0, 0.05) is 23.4 Å². The number of anilines is 1. The van der Waals surface area contributed by atoms with Crippen LogP contribution in [0.5, 0.6) is 0 Å². The second-order valence-corrected chi connectivity index (χ2v) is 5.29. The Morgan fingerprint density at radius 1 is 1.43 bits per heavy atom. The molecule has 0 aliphatic rings. The first-order valence-electron chi connectivity index (χ1n) is 6.65. The van der Waals surface area contributed by atoms with Crippen molar-refractivity contribution < 1.29 is 4.79 Å². The zero-order chi connectivity index (χ0) is 15.1. The average molecular weight is 350 g/mol. The SMILES string of the molecule is CCCNc1ncc(Br)cc1C(=O)NCc1cccnn1. The molecule has 21 heavy (non-hydrogen) atoms. The maximum Gasteiger partial charge on any atom is 0.255 e. The molecule has 110 valence electrons. The number of aromatic nitrogens is 3. The van der Waals surface area contributed by atoms with E-state index in [0.29, 0.717) is 23.6 Å². The van der Waals surface area contributed by atoms with E-state index in [-0.39, 0.29) is 5.91 Å². The molecule has 0 atom stereocenters. The molecule has 0 aliphatic carbocycles. The van der Waals surface area contributed by atoms with Crippen molar-refractivity contribution in [2.75, 3.05) is 11.9 Å². The number of halogens is 1. The third-order valence-electron chi connectivity index (χ3n) is 2.70. The number of nitrogens with one attached hydrogen (secondary N) is 2. The second-order valence-electron chi connectivity index (χ2n) is 4.37. The Morgan fingerprint density at radius 3 is 3.00 bits per heavy atom. The van der Waals surface area contributed by atoms with Crippen LogP contribution in [-0.4, -0.2) is 27.6 Å². The molecule has 0 saturated carbocycles. The molecule has 2 rings (SSSR count). The van der Waals surface area contributed by atoms with Crippen LogP contribution in [0.15, 0.2) is 35.1 Å². The van der Waals surface area contributed by atoms with Gasteiger partial charge in [0.05, 0.1) is 17.8 Å². The summed E-state index contributed by atoms with van der Waals surface area (Å²) < 4.78 is 0.759. The van der Waals surface area contributed by atoms with Gasteiger partial charge in [-0.05, 0) is 40.5 Å². The van der Waals surface area contributed by atoms with Gasteiger partial charge in [-0.2, -0.15) is 10.2 Å². The van der Waals surface area contributed by atoms with E-state index in [1.165, 1.54) is 0 Å². The molecule has 7 heteroatoms. The normalized spacial score (nSPS) is 10.2. The molecule has 2 N–H and O–H groups in total. The van der Waals surface area contributed by atoms with Crippen molar-refractivity contribution in [2.24, 2.45) is 0 Å². The monoisotopic (exact) mass is 349 g/mol. The zero-order valence-electron chi connectivity index (χ0n) is 11.6. The lowest BCUT2D eigenvalue weighted by Gasteiger charge is -2.11. The summed E-state index contributed by atoms with van der Waals surface area (Å²) in [6.07, 6.45) is 4.21. The van der Waals surface area contributed by atoms with Gasteiger partial charge in [-0.25, -0.2) is 4.98 Å². The van der Waals surface area contributed by atoms with E-state index in [1.807, 2.05) is 6.07 Å². The Balaban J connectivity index is 2.08. The maximum atomic E-state index is 12.3. The molecule has 6 nitrogen and oxygen atoms in total. The molecule has 0 radical (unpaired) electrons. The minimum atomic E-state index is -0.201. The van der Waals surface area contributed by atoms with E-state index in [0.717, 1.165) is 17.4 Å². The van der Waals surface area contributed by atoms with Crippen molar-refractivity contribution in [3.05, 3.63) is 46.3 Å². The highest BCUT2D eigenvalue weighted by Crippen LogP contribution is 2.18. The maximum absolute atomic E-state index is 12.3. The molecular formula is C14H16BrN5O. The van der Waals surface area contributed by atoms with Gasteiger partial charge in [0.1, 0.15) is 5.82 Å². The zero-order valence-corrected chi connectivity index (χ0v) is 13.2. The number of hydrogen-bond acceptors (Lipinski definition) is 5. The van der Waals surface area contributed by atoms with Crippen molar-refractivity contribution in [1.29, 1.82) is 0 Å². The van der Waals surface area contributed by atoms with E-state index < -0.39 is 0 Å². The molecule has 0 aliphatic heterocycles. The third kappa shape index (κ3) is 4.49. The van der Waals surface area contributed by atoms with Crippen molar-refractivity contribution in [2.45, 2.75) is 19.9 Å². The summed E-state index contributed by atoms with van der Waals surface area (Å²) in [7, 11) is 0. The van der Waals surface area contributed by atoms with Crippen LogP contribution in [0.1, 0.15) is 29.4 Å². The summed E-state index contributed by atoms with van der Waals surface area (Å²) in [4.78, 5) is 16.5. The fourth-order valence-corrected chi connectivity index (χ4v) is 2.02. The van der Waals surface area contributed by atoms with E-state index in [1.54, 1.807) is 24.5 Å². The molecule has 2 aromatic heterocycles. The highest BCUT2D eigenvalue weighted by atomic mass is 79.9. The summed E-state index contributed by atoms with van der Waals surface area (Å²) in [6.45, 7) is 3.14. The highest BCUT2D eigenvalue weighted by Gasteiger charge is 2.13. The first-order valence-corrected chi connectivity index (χ1v) is 7.44. The van der Waals surface area contributed by atoms with E-state index in [4.69, 9.17) is 0 Å². The number of hydrogen-bond donors (Lipinski definition) is 2. The number of carbonyl (C=O) groups excluding carboxylic acids is 1. The number of rotatable bonds is 6. The Bertz CT molecular complexity index is 606. The van der Waals surface area contributed by atoms with Crippen LogP contribution in [0.4, 0.5) is 5.82 Å². The lowest BCUT2D eigenvalue weighted by atomic mass is 10.2. The minimum absolute atomic E-state index is 0.201. The third-order valence-corrected chi connectivity index (χ3v) is 3.13. The molecule has 0 bridgehead atoms. The fraction of sp³-hybridized carbons (Fsp3) is 0.286. The number of amides is 1. The van der Waals surface area contributed by atoms with Gasteiger partial charge in [-0.1, -0.05) is 6.92 Å². The van der Waals surface area contributed by atoms with Gasteiger partial charge in [-0.3, -0.25) is 4.79 Å². The number of pyridine rings is 1. The van der Waals surface area contributed by atoms with Gasteiger partial charge in [0.2, 0.25) is 0 Å². The van der Waals surface area contributed by atoms with Crippen LogP contribution in [-0.2, 0) is 6.54 Å². The van der Waals surface area contributed by atoms with E-state index in [9.17, 15) is 4.79 Å². The molecule has 0 unspecified atom stereocenters. The first-order chi connectivity index (χ1) is 10.2. The quantitative estimate of drug-likeness (QED) is 0.836. The van der Waals surface area contributed by atoms with Crippen molar-refractivity contribution in [3.8, 4) is 0 Å². The van der Waals surface area contributed by atoms with Crippen molar-refractivity contribution >= 4 is 27.7 Å². The average Bonchev–Trinajstić information content (AvgIpc) is 2.52. The summed E-state index contributed by atoms with van der Waals surface area (Å²) in [5, 5.41) is 13.7. The largest absolute Gasteiger partial charge is 0.369 e. The molecule has 2 heterocycles. The lowest BCUT2D eigenvalue weighted by molar-refractivity contribution is 0.0950. The number of nitrogens with zero attached hydrogens (tertiary/aromatic N) is 3. The van der Waals surface area contributed by atoms with Gasteiger partial charge in [-0.15, -0.1) is 0 Å². The number of carbonyl (C=O) groups is 1. The summed E-state index contributed by atoms with van der Waals surface area (Å²) in [5.41, 5.74) is 1.21. The molecule has 0 spiro atoms. The van der Waals surface area contributed by atoms with Crippen molar-refractivity contribution in [1.82, 2.24) is 20.5 Å². The van der Waals surface area contributed by atoms with Crippen LogP contribution in [0.3, 0.4) is 0 Å². The van der Waals surface area contributed by atoms with Crippen molar-refractivity contribution in [3.63, 3.8) is 0 Å². The Kier molecular flexibility index (Phi) is 5.62. The first kappa shape index (κ1) is 15.4. The van der Waals surface area contributed by atoms with Gasteiger partial charge in [0.25, 0.3) is 5.91 Å². The van der Waals surface area contributed by atoms with Gasteiger partial charge in [0.15, 0.2) is 0 Å². The fourth-order valence-electron chi connectivity index (χ4n) is 1.69. The Morgan fingerprint density at radius 2 is 2.29 bits per heavy atom. The van der Waals surface area contributed by atoms with Crippen LogP contribution in [0, 0.1) is 0 Å². The highest BCUT2D eigenvalue weighted by molar-refractivity contribution is 9.10. The predicted octanol–water partition coefficient (Wildman–Crippen LogP) is 2.39. The molecule has 0 saturated heterocycles.